The maximum absolute atomic E-state index is 12.6. The molecule has 1 N–H and O–H groups in total. The molecule has 0 saturated carbocycles. The minimum atomic E-state index is -0.294. The van der Waals surface area contributed by atoms with Crippen LogP contribution in [0, 0.1) is 6.92 Å². The van der Waals surface area contributed by atoms with Gasteiger partial charge >= 0.3 is 0 Å². The number of aromatic nitrogens is 6. The van der Waals surface area contributed by atoms with Crippen molar-refractivity contribution in [1.82, 2.24) is 29.8 Å². The lowest BCUT2D eigenvalue weighted by atomic mass is 10.2. The number of hydrogen-bond acceptors (Lipinski definition) is 5. The molecule has 3 aromatic heterocycles. The van der Waals surface area contributed by atoms with Crippen molar-refractivity contribution in [2.45, 2.75) is 6.92 Å². The van der Waals surface area contributed by atoms with Gasteiger partial charge in [0.1, 0.15) is 0 Å². The summed E-state index contributed by atoms with van der Waals surface area (Å²) in [5, 5.41) is 15.4. The van der Waals surface area contributed by atoms with Gasteiger partial charge in [-0.3, -0.25) is 4.79 Å². The molecule has 27 heavy (non-hydrogen) atoms. The first kappa shape index (κ1) is 16.9. The highest BCUT2D eigenvalue weighted by molar-refractivity contribution is 6.32. The van der Waals surface area contributed by atoms with Gasteiger partial charge in [0.2, 0.25) is 0 Å². The van der Waals surface area contributed by atoms with E-state index in [1.807, 2.05) is 37.3 Å². The van der Waals surface area contributed by atoms with Crippen LogP contribution in [0.2, 0.25) is 5.02 Å². The fourth-order valence-corrected chi connectivity index (χ4v) is 2.87. The number of benzene rings is 1. The van der Waals surface area contributed by atoms with Gasteiger partial charge in [0.15, 0.2) is 5.82 Å². The van der Waals surface area contributed by atoms with Gasteiger partial charge in [-0.25, -0.2) is 9.67 Å². The molecule has 0 fully saturated rings. The fraction of sp³-hybridized carbons (Fsp3) is 0.0556. The van der Waals surface area contributed by atoms with E-state index < -0.39 is 0 Å². The quantitative estimate of drug-likeness (QED) is 0.588. The zero-order valence-corrected chi connectivity index (χ0v) is 15.0. The highest BCUT2D eigenvalue weighted by Crippen LogP contribution is 2.22. The maximum Gasteiger partial charge on any atom is 0.259 e. The number of para-hydroxylation sites is 1. The molecule has 1 amide bonds. The van der Waals surface area contributed by atoms with Gasteiger partial charge in [-0.1, -0.05) is 29.8 Å². The average molecular weight is 380 g/mol. The van der Waals surface area contributed by atoms with Gasteiger partial charge in [-0.05, 0) is 25.1 Å². The minimum absolute atomic E-state index is 0.294. The van der Waals surface area contributed by atoms with Crippen molar-refractivity contribution < 1.29 is 4.79 Å². The Morgan fingerprint density at radius 2 is 1.81 bits per heavy atom. The van der Waals surface area contributed by atoms with E-state index in [-0.39, 0.29) is 5.91 Å². The summed E-state index contributed by atoms with van der Waals surface area (Å²) >= 11 is 6.23. The third-order valence-electron chi connectivity index (χ3n) is 3.94. The molecule has 0 atom stereocenters. The maximum atomic E-state index is 12.6. The summed E-state index contributed by atoms with van der Waals surface area (Å²) in [7, 11) is 0. The number of carbonyl (C=O) groups is 1. The molecule has 9 heteroatoms. The smallest absolute Gasteiger partial charge is 0.259 e. The molecule has 0 aliphatic heterocycles. The van der Waals surface area contributed by atoms with E-state index in [0.717, 1.165) is 11.4 Å². The monoisotopic (exact) mass is 379 g/mol. The molecule has 0 bridgehead atoms. The topological polar surface area (TPSA) is 90.5 Å². The van der Waals surface area contributed by atoms with Gasteiger partial charge in [-0.15, -0.1) is 4.80 Å². The summed E-state index contributed by atoms with van der Waals surface area (Å²) in [5.41, 5.74) is 2.55. The van der Waals surface area contributed by atoms with E-state index in [4.69, 9.17) is 11.6 Å². The number of carbonyl (C=O) groups excluding carboxylic acids is 1. The number of rotatable bonds is 4. The van der Waals surface area contributed by atoms with Crippen molar-refractivity contribution in [1.29, 1.82) is 0 Å². The van der Waals surface area contributed by atoms with Crippen molar-refractivity contribution in [2.75, 3.05) is 5.32 Å². The van der Waals surface area contributed by atoms with Crippen LogP contribution in [0.15, 0.2) is 61.2 Å². The highest BCUT2D eigenvalue weighted by Gasteiger charge is 2.16. The van der Waals surface area contributed by atoms with Crippen molar-refractivity contribution >= 4 is 23.2 Å². The fourth-order valence-electron chi connectivity index (χ4n) is 2.63. The molecule has 3 heterocycles. The van der Waals surface area contributed by atoms with Crippen molar-refractivity contribution in [2.24, 2.45) is 0 Å². The molecule has 134 valence electrons. The Morgan fingerprint density at radius 1 is 1.07 bits per heavy atom. The Kier molecular flexibility index (Phi) is 4.39. The molecule has 0 aliphatic rings. The van der Waals surface area contributed by atoms with Gasteiger partial charge in [0.05, 0.1) is 52.4 Å². The number of anilines is 1. The summed E-state index contributed by atoms with van der Waals surface area (Å²) < 4.78 is 1.71. The second-order valence-electron chi connectivity index (χ2n) is 5.69. The van der Waals surface area contributed by atoms with Gasteiger partial charge in [0, 0.05) is 0 Å². The number of amides is 1. The van der Waals surface area contributed by atoms with E-state index in [1.54, 1.807) is 10.7 Å². The predicted molar refractivity (Wildman–Crippen MR) is 100 cm³/mol. The van der Waals surface area contributed by atoms with Crippen LogP contribution in [-0.2, 0) is 0 Å². The first-order valence-corrected chi connectivity index (χ1v) is 8.45. The van der Waals surface area contributed by atoms with Crippen LogP contribution in [0.25, 0.3) is 11.5 Å². The molecular formula is C18H14ClN7O. The molecule has 0 saturated heterocycles. The lowest BCUT2D eigenvalue weighted by molar-refractivity contribution is 0.102. The lowest BCUT2D eigenvalue weighted by Crippen LogP contribution is -2.14. The first-order chi connectivity index (χ1) is 13.1. The SMILES string of the molecule is Cc1c(C(=O)Nc2cnc(-n3nccn3)c(Cl)c2)cnn1-c1ccccc1. The largest absolute Gasteiger partial charge is 0.320 e. The van der Waals surface area contributed by atoms with Crippen LogP contribution in [0.5, 0.6) is 0 Å². The van der Waals surface area contributed by atoms with Crippen LogP contribution in [0.1, 0.15) is 16.1 Å². The van der Waals surface area contributed by atoms with Crippen molar-refractivity contribution in [3.8, 4) is 11.5 Å². The number of halogens is 1. The van der Waals surface area contributed by atoms with E-state index in [1.165, 1.54) is 29.6 Å². The van der Waals surface area contributed by atoms with Crippen LogP contribution >= 0.6 is 11.6 Å². The van der Waals surface area contributed by atoms with Gasteiger partial charge < -0.3 is 5.32 Å². The Morgan fingerprint density at radius 3 is 2.52 bits per heavy atom. The number of pyridine rings is 1. The molecule has 0 radical (unpaired) electrons. The van der Waals surface area contributed by atoms with E-state index in [9.17, 15) is 4.79 Å². The highest BCUT2D eigenvalue weighted by atomic mass is 35.5. The molecule has 1 aromatic carbocycles. The van der Waals surface area contributed by atoms with Crippen LogP contribution < -0.4 is 5.32 Å². The molecule has 8 nitrogen and oxygen atoms in total. The van der Waals surface area contributed by atoms with Crippen molar-refractivity contribution in [3.05, 3.63) is 77.5 Å². The van der Waals surface area contributed by atoms with Crippen molar-refractivity contribution in [3.63, 3.8) is 0 Å². The predicted octanol–water partition coefficient (Wildman–Crippen LogP) is 3.06. The second kappa shape index (κ2) is 7.00. The first-order valence-electron chi connectivity index (χ1n) is 8.07. The summed E-state index contributed by atoms with van der Waals surface area (Å²) in [6.07, 6.45) is 6.09. The summed E-state index contributed by atoms with van der Waals surface area (Å²) in [6.45, 7) is 1.84. The minimum Gasteiger partial charge on any atom is -0.320 e. The molecule has 4 rings (SSSR count). The third-order valence-corrected chi connectivity index (χ3v) is 4.22. The molecule has 0 spiro atoms. The van der Waals surface area contributed by atoms with Gasteiger partial charge in [0.25, 0.3) is 5.91 Å². The Hall–Kier alpha value is -3.52. The summed E-state index contributed by atoms with van der Waals surface area (Å²) in [5.74, 6) is 0.0882. The average Bonchev–Trinajstić information content (AvgIpc) is 3.32. The standard InChI is InChI=1S/C18H14ClN7O/c1-12-15(11-23-25(12)14-5-3-2-4-6-14)18(27)24-13-9-16(19)17(20-10-13)26-21-7-8-22-26/h2-11H,1H3,(H,24,27). The van der Waals surface area contributed by atoms with Crippen LogP contribution in [0.3, 0.4) is 0 Å². The van der Waals surface area contributed by atoms with E-state index in [0.29, 0.717) is 22.1 Å². The van der Waals surface area contributed by atoms with Crippen LogP contribution in [0.4, 0.5) is 5.69 Å². The van der Waals surface area contributed by atoms with E-state index >= 15 is 0 Å². The summed E-state index contributed by atoms with van der Waals surface area (Å²) in [4.78, 5) is 18.2. The zero-order valence-electron chi connectivity index (χ0n) is 14.2. The van der Waals surface area contributed by atoms with Gasteiger partial charge in [-0.2, -0.15) is 15.3 Å². The Labute approximate surface area is 159 Å². The number of nitrogens with zero attached hydrogens (tertiary/aromatic N) is 6. The number of hydrogen-bond donors (Lipinski definition) is 1. The molecule has 0 aliphatic carbocycles. The molecular weight excluding hydrogens is 366 g/mol. The Bertz CT molecular complexity index is 1090. The van der Waals surface area contributed by atoms with Crippen LogP contribution in [-0.4, -0.2) is 35.7 Å². The Balaban J connectivity index is 1.56. The summed E-state index contributed by atoms with van der Waals surface area (Å²) in [6, 6.07) is 11.2. The number of nitrogens with one attached hydrogen (secondary N) is 1. The lowest BCUT2D eigenvalue weighted by Gasteiger charge is -2.08. The molecule has 4 aromatic rings. The third kappa shape index (κ3) is 3.30. The zero-order chi connectivity index (χ0) is 18.8. The van der Waals surface area contributed by atoms with E-state index in [2.05, 4.69) is 25.6 Å². The second-order valence-corrected chi connectivity index (χ2v) is 6.10. The normalized spacial score (nSPS) is 10.7. The molecule has 0 unspecified atom stereocenters.